The summed E-state index contributed by atoms with van der Waals surface area (Å²) in [6.07, 6.45) is 3.40. The molecule has 0 spiro atoms. The number of nitrogens with one attached hydrogen (secondary N) is 1. The number of halogens is 1. The number of hydrogen-bond acceptors (Lipinski definition) is 7. The van der Waals surface area contributed by atoms with Crippen LogP contribution in [0.1, 0.15) is 37.2 Å². The lowest BCUT2D eigenvalue weighted by Gasteiger charge is -2.14. The zero-order chi connectivity index (χ0) is 19.1. The third-order valence-corrected chi connectivity index (χ3v) is 6.82. The molecule has 7 nitrogen and oxygen atoms in total. The molecule has 1 aromatic carbocycles. The van der Waals surface area contributed by atoms with Gasteiger partial charge in [-0.1, -0.05) is 11.8 Å². The number of carbonyl (C=O) groups is 1. The van der Waals surface area contributed by atoms with Gasteiger partial charge < -0.3 is 4.74 Å². The van der Waals surface area contributed by atoms with Crippen molar-refractivity contribution in [2.24, 2.45) is 0 Å². The summed E-state index contributed by atoms with van der Waals surface area (Å²) in [5.41, 5.74) is 0.115. The van der Waals surface area contributed by atoms with Gasteiger partial charge in [-0.3, -0.25) is 0 Å². The van der Waals surface area contributed by atoms with E-state index in [1.807, 2.05) is 6.92 Å². The van der Waals surface area contributed by atoms with Crippen LogP contribution in [-0.4, -0.2) is 42.8 Å². The van der Waals surface area contributed by atoms with E-state index in [1.54, 1.807) is 13.2 Å². The van der Waals surface area contributed by atoms with E-state index in [-0.39, 0.29) is 17.2 Å². The molecule has 10 heteroatoms. The first-order valence-corrected chi connectivity index (χ1v) is 11.5. The van der Waals surface area contributed by atoms with Crippen LogP contribution >= 0.6 is 27.7 Å². The Morgan fingerprint density at radius 2 is 2.08 bits per heavy atom. The second-order valence-electron chi connectivity index (χ2n) is 6.25. The zero-order valence-electron chi connectivity index (χ0n) is 14.5. The van der Waals surface area contributed by atoms with Crippen LogP contribution in [0.15, 0.2) is 26.7 Å². The lowest BCUT2D eigenvalue weighted by molar-refractivity contribution is 0.0521. The van der Waals surface area contributed by atoms with Crippen molar-refractivity contribution in [1.82, 2.24) is 14.7 Å². The number of hydrogen-bond donors (Lipinski definition) is 1. The van der Waals surface area contributed by atoms with E-state index < -0.39 is 21.5 Å². The van der Waals surface area contributed by atoms with Crippen molar-refractivity contribution in [2.45, 2.75) is 42.3 Å². The zero-order valence-corrected chi connectivity index (χ0v) is 17.7. The number of ether oxygens (including phenoxy) is 1. The molecule has 2 aromatic rings. The Labute approximate surface area is 164 Å². The minimum Gasteiger partial charge on any atom is -0.461 e. The van der Waals surface area contributed by atoms with Gasteiger partial charge >= 0.3 is 5.97 Å². The fourth-order valence-corrected chi connectivity index (χ4v) is 5.00. The number of carbonyl (C=O) groups excluding carboxylic acids is 1. The van der Waals surface area contributed by atoms with Crippen LogP contribution in [0.5, 0.6) is 0 Å². The number of fused-ring (bicyclic) bond motifs is 1. The Morgan fingerprint density at radius 1 is 1.38 bits per heavy atom. The topological polar surface area (TPSA) is 98.2 Å². The molecule has 3 rings (SSSR count). The summed E-state index contributed by atoms with van der Waals surface area (Å²) in [5.74, 6) is -0.612. The van der Waals surface area contributed by atoms with Gasteiger partial charge in [-0.15, -0.1) is 0 Å². The first-order valence-electron chi connectivity index (χ1n) is 7.95. The molecule has 1 aliphatic carbocycles. The van der Waals surface area contributed by atoms with Gasteiger partial charge in [-0.25, -0.2) is 27.9 Å². The normalized spacial score (nSPS) is 15.8. The summed E-state index contributed by atoms with van der Waals surface area (Å²) in [4.78, 5) is 21.0. The summed E-state index contributed by atoms with van der Waals surface area (Å²) >= 11 is 4.66. The predicted molar refractivity (Wildman–Crippen MR) is 103 cm³/mol. The molecule has 1 fully saturated rings. The van der Waals surface area contributed by atoms with Crippen molar-refractivity contribution in [3.05, 3.63) is 22.3 Å². The third-order valence-electron chi connectivity index (χ3n) is 4.05. The molecule has 1 saturated carbocycles. The molecule has 1 heterocycles. The molecule has 1 aromatic heterocycles. The molecule has 140 valence electrons. The number of nitrogens with zero attached hydrogens (tertiary/aromatic N) is 2. The van der Waals surface area contributed by atoms with Gasteiger partial charge in [-0.2, -0.15) is 0 Å². The first kappa shape index (κ1) is 19.5. The third kappa shape index (κ3) is 3.88. The van der Waals surface area contributed by atoms with Crippen molar-refractivity contribution in [3.8, 4) is 0 Å². The average molecular weight is 460 g/mol. The number of aromatic nitrogens is 2. The van der Waals surface area contributed by atoms with E-state index >= 15 is 0 Å². The minimum absolute atomic E-state index is 0.0519. The molecule has 0 aliphatic heterocycles. The van der Waals surface area contributed by atoms with Gasteiger partial charge in [0.25, 0.3) is 0 Å². The summed E-state index contributed by atoms with van der Waals surface area (Å²) < 4.78 is 33.7. The van der Waals surface area contributed by atoms with Gasteiger partial charge in [0.2, 0.25) is 10.0 Å². The van der Waals surface area contributed by atoms with Crippen molar-refractivity contribution >= 4 is 54.6 Å². The number of esters is 1. The molecule has 0 atom stereocenters. The van der Waals surface area contributed by atoms with Crippen LogP contribution in [0.25, 0.3) is 10.9 Å². The highest BCUT2D eigenvalue weighted by atomic mass is 79.9. The van der Waals surface area contributed by atoms with Gasteiger partial charge in [0.1, 0.15) is 0 Å². The molecule has 0 unspecified atom stereocenters. The molecule has 0 bridgehead atoms. The molecule has 0 saturated heterocycles. The average Bonchev–Trinajstić information content (AvgIpc) is 3.30. The fraction of sp³-hybridized carbons (Fsp3) is 0.438. The standard InChI is InChI=1S/C16H18BrN3O4S2/c1-4-24-14(21)13-10-7-9(26(22,23)20-16(2)5-6-16)8-11(17)12(10)18-15(19-13)25-3/h7-8,20H,4-6H2,1-3H3. The largest absolute Gasteiger partial charge is 0.461 e. The van der Waals surface area contributed by atoms with Gasteiger partial charge in [-0.05, 0) is 61.0 Å². The van der Waals surface area contributed by atoms with E-state index in [2.05, 4.69) is 30.6 Å². The number of benzene rings is 1. The first-order chi connectivity index (χ1) is 12.2. The van der Waals surface area contributed by atoms with Crippen LogP contribution < -0.4 is 4.72 Å². The van der Waals surface area contributed by atoms with E-state index in [4.69, 9.17) is 4.74 Å². The maximum Gasteiger partial charge on any atom is 0.357 e. The van der Waals surface area contributed by atoms with Gasteiger partial charge in [0.15, 0.2) is 10.9 Å². The molecule has 1 aliphatic rings. The molecular weight excluding hydrogens is 442 g/mol. The van der Waals surface area contributed by atoms with Gasteiger partial charge in [0, 0.05) is 15.4 Å². The lowest BCUT2D eigenvalue weighted by atomic mass is 10.2. The minimum atomic E-state index is -3.73. The molecular formula is C16H18BrN3O4S2. The second kappa shape index (κ2) is 7.06. The Morgan fingerprint density at radius 3 is 2.65 bits per heavy atom. The van der Waals surface area contributed by atoms with Crippen LogP contribution in [-0.2, 0) is 14.8 Å². The number of rotatable bonds is 6. The highest BCUT2D eigenvalue weighted by Crippen LogP contribution is 2.37. The highest BCUT2D eigenvalue weighted by molar-refractivity contribution is 9.10. The van der Waals surface area contributed by atoms with Crippen LogP contribution in [0.4, 0.5) is 0 Å². The Balaban J connectivity index is 2.20. The van der Waals surface area contributed by atoms with Crippen LogP contribution in [0, 0.1) is 0 Å². The van der Waals surface area contributed by atoms with Crippen molar-refractivity contribution in [2.75, 3.05) is 12.9 Å². The maximum atomic E-state index is 12.7. The quantitative estimate of drug-likeness (QED) is 0.402. The summed E-state index contributed by atoms with van der Waals surface area (Å²) in [5, 5.41) is 0.734. The highest BCUT2D eigenvalue weighted by Gasteiger charge is 2.41. The summed E-state index contributed by atoms with van der Waals surface area (Å²) in [7, 11) is -3.73. The predicted octanol–water partition coefficient (Wildman–Crippen LogP) is 3.12. The second-order valence-corrected chi connectivity index (χ2v) is 9.56. The summed E-state index contributed by atoms with van der Waals surface area (Å²) in [6, 6.07) is 2.91. The van der Waals surface area contributed by atoms with Gasteiger partial charge in [0.05, 0.1) is 17.0 Å². The van der Waals surface area contributed by atoms with E-state index in [9.17, 15) is 13.2 Å². The van der Waals surface area contributed by atoms with Crippen molar-refractivity contribution < 1.29 is 17.9 Å². The molecule has 1 N–H and O–H groups in total. The fourth-order valence-electron chi connectivity index (χ4n) is 2.42. The molecule has 0 radical (unpaired) electrons. The SMILES string of the molecule is CCOC(=O)c1nc(SC)nc2c(Br)cc(S(=O)(=O)NC3(C)CC3)cc12. The number of sulfonamides is 1. The van der Waals surface area contributed by atoms with E-state index in [0.29, 0.717) is 20.5 Å². The van der Waals surface area contributed by atoms with E-state index in [0.717, 1.165) is 12.8 Å². The lowest BCUT2D eigenvalue weighted by Crippen LogP contribution is -2.34. The maximum absolute atomic E-state index is 12.7. The van der Waals surface area contributed by atoms with Crippen molar-refractivity contribution in [1.29, 1.82) is 0 Å². The molecule has 0 amide bonds. The Bertz CT molecular complexity index is 991. The Hall–Kier alpha value is -1.23. The monoisotopic (exact) mass is 459 g/mol. The van der Waals surface area contributed by atoms with Crippen LogP contribution in [0.2, 0.25) is 0 Å². The van der Waals surface area contributed by atoms with Crippen molar-refractivity contribution in [3.63, 3.8) is 0 Å². The Kier molecular flexibility index (Phi) is 5.31. The summed E-state index contributed by atoms with van der Waals surface area (Å²) in [6.45, 7) is 3.75. The smallest absolute Gasteiger partial charge is 0.357 e. The van der Waals surface area contributed by atoms with E-state index in [1.165, 1.54) is 23.9 Å². The van der Waals surface area contributed by atoms with Crippen LogP contribution in [0.3, 0.4) is 0 Å². The molecule has 26 heavy (non-hydrogen) atoms. The number of thioether (sulfide) groups is 1.